The molecule has 0 aliphatic carbocycles. The minimum absolute atomic E-state index is 0.0526. The second-order valence-corrected chi connectivity index (χ2v) is 6.12. The molecule has 2 unspecified atom stereocenters. The van der Waals surface area contributed by atoms with Crippen molar-refractivity contribution >= 4 is 35.3 Å². The summed E-state index contributed by atoms with van der Waals surface area (Å²) in [5.74, 6) is 2.58. The third-order valence-corrected chi connectivity index (χ3v) is 5.19. The zero-order valence-electron chi connectivity index (χ0n) is 9.18. The summed E-state index contributed by atoms with van der Waals surface area (Å²) in [4.78, 5) is 11.6. The minimum atomic E-state index is -0.578. The zero-order chi connectivity index (χ0) is 12.0. The Kier molecular flexibility index (Phi) is 5.83. The summed E-state index contributed by atoms with van der Waals surface area (Å²) in [5.41, 5.74) is 5.36. The number of hydrogen-bond donors (Lipinski definition) is 3. The van der Waals surface area contributed by atoms with Gasteiger partial charge in [-0.3, -0.25) is 4.79 Å². The molecule has 1 rings (SSSR count). The Hall–Kier alpha value is -0.560. The van der Waals surface area contributed by atoms with Crippen LogP contribution in [-0.4, -0.2) is 46.0 Å². The van der Waals surface area contributed by atoms with Crippen LogP contribution in [-0.2, 0) is 4.79 Å². The van der Waals surface area contributed by atoms with Crippen LogP contribution in [0.4, 0.5) is 0 Å². The largest absolute Gasteiger partial charge is 0.409 e. The molecule has 7 heteroatoms. The van der Waals surface area contributed by atoms with Gasteiger partial charge in [-0.25, -0.2) is 0 Å². The highest BCUT2D eigenvalue weighted by Gasteiger charge is 2.20. The number of amidine groups is 1. The monoisotopic (exact) mass is 263 g/mol. The molecule has 0 bridgehead atoms. The molecule has 4 N–H and O–H groups in total. The number of carbonyl (C=O) groups excluding carboxylic acids is 1. The van der Waals surface area contributed by atoms with Gasteiger partial charge in [0, 0.05) is 29.1 Å². The predicted octanol–water partition coefficient (Wildman–Crippen LogP) is 0.334. The van der Waals surface area contributed by atoms with Crippen LogP contribution in [0.5, 0.6) is 0 Å². The number of rotatable bonds is 4. The molecule has 0 radical (unpaired) electrons. The number of hydrogen-bond acceptors (Lipinski definition) is 5. The number of nitrogens with two attached hydrogens (primary N) is 1. The molecular weight excluding hydrogens is 246 g/mol. The number of nitrogens with zero attached hydrogens (tertiary/aromatic N) is 1. The van der Waals surface area contributed by atoms with Crippen molar-refractivity contribution in [2.75, 3.05) is 23.8 Å². The van der Waals surface area contributed by atoms with Gasteiger partial charge >= 0.3 is 0 Å². The molecule has 1 amide bonds. The third-order valence-electron chi connectivity index (χ3n) is 2.34. The highest BCUT2D eigenvalue weighted by molar-refractivity contribution is 8.06. The first-order valence-electron chi connectivity index (χ1n) is 5.09. The highest BCUT2D eigenvalue weighted by atomic mass is 32.2. The van der Waals surface area contributed by atoms with E-state index in [1.807, 2.05) is 23.5 Å². The summed E-state index contributed by atoms with van der Waals surface area (Å²) < 4.78 is 0. The number of carbonyl (C=O) groups is 1. The SMILES string of the molecule is CC(C(=O)NCC1CSCCS1)C(N)=NO. The second-order valence-electron chi connectivity index (χ2n) is 3.56. The lowest BCUT2D eigenvalue weighted by atomic mass is 10.1. The van der Waals surface area contributed by atoms with Crippen LogP contribution in [0.3, 0.4) is 0 Å². The lowest BCUT2D eigenvalue weighted by molar-refractivity contribution is -0.122. The van der Waals surface area contributed by atoms with E-state index in [1.54, 1.807) is 6.92 Å². The minimum Gasteiger partial charge on any atom is -0.409 e. The van der Waals surface area contributed by atoms with Gasteiger partial charge in [0.15, 0.2) is 5.84 Å². The first-order chi connectivity index (χ1) is 7.65. The Bertz CT molecular complexity index is 267. The van der Waals surface area contributed by atoms with Crippen molar-refractivity contribution < 1.29 is 10.0 Å². The molecule has 0 aromatic heterocycles. The molecule has 0 aromatic carbocycles. The lowest BCUT2D eigenvalue weighted by Crippen LogP contribution is -2.40. The molecular formula is C9H17N3O2S2. The van der Waals surface area contributed by atoms with Crippen LogP contribution in [0.15, 0.2) is 5.16 Å². The molecule has 5 nitrogen and oxygen atoms in total. The van der Waals surface area contributed by atoms with Gasteiger partial charge in [-0.15, -0.1) is 0 Å². The van der Waals surface area contributed by atoms with Gasteiger partial charge in [0.2, 0.25) is 5.91 Å². The molecule has 1 aliphatic heterocycles. The summed E-state index contributed by atoms with van der Waals surface area (Å²) in [5, 5.41) is 14.6. The summed E-state index contributed by atoms with van der Waals surface area (Å²) in [6.45, 7) is 2.27. The molecule has 1 saturated heterocycles. The lowest BCUT2D eigenvalue weighted by Gasteiger charge is -2.21. The van der Waals surface area contributed by atoms with Gasteiger partial charge in [0.25, 0.3) is 0 Å². The number of oxime groups is 1. The maximum absolute atomic E-state index is 11.6. The van der Waals surface area contributed by atoms with Gasteiger partial charge in [-0.1, -0.05) is 5.16 Å². The fraction of sp³-hybridized carbons (Fsp3) is 0.778. The van der Waals surface area contributed by atoms with Crippen LogP contribution < -0.4 is 11.1 Å². The maximum Gasteiger partial charge on any atom is 0.230 e. The van der Waals surface area contributed by atoms with E-state index in [-0.39, 0.29) is 11.7 Å². The second kappa shape index (κ2) is 6.90. The van der Waals surface area contributed by atoms with E-state index in [2.05, 4.69) is 10.5 Å². The number of nitrogens with one attached hydrogen (secondary N) is 1. The third kappa shape index (κ3) is 4.13. The van der Waals surface area contributed by atoms with Crippen molar-refractivity contribution in [2.24, 2.45) is 16.8 Å². The van der Waals surface area contributed by atoms with Crippen molar-refractivity contribution in [3.8, 4) is 0 Å². The van der Waals surface area contributed by atoms with Crippen molar-refractivity contribution in [2.45, 2.75) is 12.2 Å². The average molecular weight is 263 g/mol. The van der Waals surface area contributed by atoms with Crippen molar-refractivity contribution in [1.29, 1.82) is 0 Å². The predicted molar refractivity (Wildman–Crippen MR) is 69.2 cm³/mol. The topological polar surface area (TPSA) is 87.7 Å². The van der Waals surface area contributed by atoms with Gasteiger partial charge in [0.05, 0.1) is 5.92 Å². The number of thioether (sulfide) groups is 2. The smallest absolute Gasteiger partial charge is 0.230 e. The van der Waals surface area contributed by atoms with E-state index in [0.29, 0.717) is 11.8 Å². The molecule has 92 valence electrons. The van der Waals surface area contributed by atoms with E-state index in [4.69, 9.17) is 10.9 Å². The van der Waals surface area contributed by atoms with E-state index < -0.39 is 5.92 Å². The van der Waals surface area contributed by atoms with Gasteiger partial charge in [-0.2, -0.15) is 23.5 Å². The Morgan fingerprint density at radius 1 is 1.69 bits per heavy atom. The molecule has 0 spiro atoms. The Morgan fingerprint density at radius 2 is 2.44 bits per heavy atom. The zero-order valence-corrected chi connectivity index (χ0v) is 10.8. The average Bonchev–Trinajstić information content (AvgIpc) is 2.35. The Labute approximate surface area is 104 Å². The molecule has 0 saturated carbocycles. The van der Waals surface area contributed by atoms with E-state index in [9.17, 15) is 4.79 Å². The van der Waals surface area contributed by atoms with Crippen molar-refractivity contribution in [3.05, 3.63) is 0 Å². The van der Waals surface area contributed by atoms with Crippen LogP contribution in [0, 0.1) is 5.92 Å². The summed E-state index contributed by atoms with van der Waals surface area (Å²) in [7, 11) is 0. The van der Waals surface area contributed by atoms with Crippen LogP contribution in [0.25, 0.3) is 0 Å². The van der Waals surface area contributed by atoms with E-state index >= 15 is 0 Å². The van der Waals surface area contributed by atoms with Crippen molar-refractivity contribution in [1.82, 2.24) is 5.32 Å². The summed E-state index contributed by atoms with van der Waals surface area (Å²) in [6, 6.07) is 0. The highest BCUT2D eigenvalue weighted by Crippen LogP contribution is 2.23. The van der Waals surface area contributed by atoms with Crippen LogP contribution >= 0.6 is 23.5 Å². The number of amides is 1. The Balaban J connectivity index is 2.28. The molecule has 2 atom stereocenters. The van der Waals surface area contributed by atoms with Crippen molar-refractivity contribution in [3.63, 3.8) is 0 Å². The quantitative estimate of drug-likeness (QED) is 0.294. The molecule has 1 heterocycles. The molecule has 1 fully saturated rings. The normalized spacial score (nSPS) is 23.8. The summed E-state index contributed by atoms with van der Waals surface area (Å²) in [6.07, 6.45) is 0. The first-order valence-corrected chi connectivity index (χ1v) is 7.30. The first kappa shape index (κ1) is 13.5. The molecule has 16 heavy (non-hydrogen) atoms. The van der Waals surface area contributed by atoms with Gasteiger partial charge in [0.1, 0.15) is 0 Å². The maximum atomic E-state index is 11.6. The Morgan fingerprint density at radius 3 is 3.00 bits per heavy atom. The van der Waals surface area contributed by atoms with Gasteiger partial charge in [-0.05, 0) is 6.92 Å². The fourth-order valence-electron chi connectivity index (χ4n) is 1.24. The fourth-order valence-corrected chi connectivity index (χ4v) is 3.85. The van der Waals surface area contributed by atoms with E-state index in [1.165, 1.54) is 5.75 Å². The van der Waals surface area contributed by atoms with Gasteiger partial charge < -0.3 is 16.3 Å². The standard InChI is InChI=1S/C9H17N3O2S2/c1-6(8(10)12-14)9(13)11-4-7-5-15-2-3-16-7/h6-7,14H,2-5H2,1H3,(H2,10,12)(H,11,13). The van der Waals surface area contributed by atoms with E-state index in [0.717, 1.165) is 11.5 Å². The van der Waals surface area contributed by atoms with Crippen LogP contribution in [0.1, 0.15) is 6.92 Å². The van der Waals surface area contributed by atoms with Crippen LogP contribution in [0.2, 0.25) is 0 Å². The molecule has 1 aliphatic rings. The molecule has 0 aromatic rings. The summed E-state index contributed by atoms with van der Waals surface area (Å²) >= 11 is 3.80.